The minimum absolute atomic E-state index is 0.0982. The van der Waals surface area contributed by atoms with Crippen LogP contribution < -0.4 is 10.1 Å². The number of carbonyl (C=O) groups is 1. The number of likely N-dealkylation sites (tertiary alicyclic amines) is 1. The largest absolute Gasteiger partial charge is 0.492 e. The Morgan fingerprint density at radius 1 is 1.29 bits per heavy atom. The zero-order valence-electron chi connectivity index (χ0n) is 18.1. The van der Waals surface area contributed by atoms with E-state index in [1.54, 1.807) is 7.11 Å². The Hall–Kier alpha value is -1.59. The number of anilines is 1. The first kappa shape index (κ1) is 22.7. The predicted octanol–water partition coefficient (Wildman–Crippen LogP) is 4.72. The molecule has 1 saturated heterocycles. The number of methoxy groups -OCH3 is 1. The molecule has 158 valence electrons. The maximum atomic E-state index is 12.6. The lowest BCUT2D eigenvalue weighted by atomic mass is 9.97. The molecule has 28 heavy (non-hydrogen) atoms. The van der Waals surface area contributed by atoms with E-state index in [1.165, 1.54) is 25.9 Å². The van der Waals surface area contributed by atoms with Gasteiger partial charge >= 0.3 is 0 Å². The van der Waals surface area contributed by atoms with E-state index in [2.05, 4.69) is 24.1 Å². The molecule has 5 heteroatoms. The van der Waals surface area contributed by atoms with Crippen molar-refractivity contribution in [2.24, 2.45) is 5.92 Å². The van der Waals surface area contributed by atoms with E-state index in [0.29, 0.717) is 6.61 Å². The number of ether oxygens (including phenoxy) is 2. The Balaban J connectivity index is 1.78. The van der Waals surface area contributed by atoms with Crippen LogP contribution in [0, 0.1) is 5.92 Å². The number of hydrogen-bond acceptors (Lipinski definition) is 4. The van der Waals surface area contributed by atoms with Crippen molar-refractivity contribution in [2.45, 2.75) is 64.9 Å². The van der Waals surface area contributed by atoms with Gasteiger partial charge in [0.25, 0.3) is 5.91 Å². The molecule has 1 aliphatic heterocycles. The van der Waals surface area contributed by atoms with Gasteiger partial charge in [0.2, 0.25) is 0 Å². The number of amides is 1. The van der Waals surface area contributed by atoms with E-state index in [-0.39, 0.29) is 5.91 Å². The Morgan fingerprint density at radius 3 is 2.68 bits per heavy atom. The third kappa shape index (κ3) is 7.10. The number of benzene rings is 1. The number of nitrogens with zero attached hydrogens (tertiary/aromatic N) is 1. The number of nitrogens with one attached hydrogen (secondary N) is 1. The van der Waals surface area contributed by atoms with E-state index >= 15 is 0 Å². The van der Waals surface area contributed by atoms with Crippen molar-refractivity contribution in [3.63, 3.8) is 0 Å². The molecule has 1 fully saturated rings. The first-order chi connectivity index (χ1) is 13.5. The lowest BCUT2D eigenvalue weighted by Crippen LogP contribution is -2.41. The second-order valence-electron chi connectivity index (χ2n) is 8.27. The highest BCUT2D eigenvalue weighted by Gasteiger charge is 2.32. The van der Waals surface area contributed by atoms with Crippen LogP contribution in [0.3, 0.4) is 0 Å². The standard InChI is InChI=1S/C23H38N2O3/c1-5-6-7-14-23(3,27-4)22(26)24-20-10-12-21(13-11-20)28-17-16-25-15-8-9-19(2)18-25/h10-13,19H,5-9,14-18H2,1-4H3,(H,24,26)/t19-,23+/m1/s1. The summed E-state index contributed by atoms with van der Waals surface area (Å²) in [6, 6.07) is 7.60. The molecule has 2 rings (SSSR count). The molecular formula is C23H38N2O3. The molecule has 0 unspecified atom stereocenters. The SMILES string of the molecule is CCCCC[C@](C)(OC)C(=O)Nc1ccc(OCCN2CCC[C@@H](C)C2)cc1. The molecule has 1 aromatic rings. The highest BCUT2D eigenvalue weighted by Crippen LogP contribution is 2.23. The summed E-state index contributed by atoms with van der Waals surface area (Å²) in [5, 5.41) is 2.97. The van der Waals surface area contributed by atoms with Gasteiger partial charge in [0, 0.05) is 25.9 Å². The van der Waals surface area contributed by atoms with Gasteiger partial charge in [0.1, 0.15) is 18.0 Å². The van der Waals surface area contributed by atoms with Gasteiger partial charge in [-0.1, -0.05) is 33.1 Å². The van der Waals surface area contributed by atoms with Crippen molar-refractivity contribution in [1.82, 2.24) is 4.90 Å². The van der Waals surface area contributed by atoms with Crippen LogP contribution in [0.15, 0.2) is 24.3 Å². The summed E-state index contributed by atoms with van der Waals surface area (Å²) in [7, 11) is 1.60. The summed E-state index contributed by atoms with van der Waals surface area (Å²) in [4.78, 5) is 15.1. The normalized spacial score (nSPS) is 19.8. The third-order valence-electron chi connectivity index (χ3n) is 5.72. The van der Waals surface area contributed by atoms with Crippen LogP contribution in [0.5, 0.6) is 5.75 Å². The molecule has 1 aromatic carbocycles. The van der Waals surface area contributed by atoms with Gasteiger partial charge in [-0.05, 0) is 62.9 Å². The minimum atomic E-state index is -0.796. The quantitative estimate of drug-likeness (QED) is 0.556. The Bertz CT molecular complexity index is 590. The average molecular weight is 391 g/mol. The molecular weight excluding hydrogens is 352 g/mol. The molecule has 0 aliphatic carbocycles. The lowest BCUT2D eigenvalue weighted by Gasteiger charge is -2.30. The summed E-state index contributed by atoms with van der Waals surface area (Å²) in [6.07, 6.45) is 6.56. The predicted molar refractivity (Wildman–Crippen MR) is 115 cm³/mol. The molecule has 0 radical (unpaired) electrons. The average Bonchev–Trinajstić information content (AvgIpc) is 2.69. The summed E-state index contributed by atoms with van der Waals surface area (Å²) in [5.74, 6) is 1.52. The molecule has 1 amide bonds. The topological polar surface area (TPSA) is 50.8 Å². The molecule has 0 spiro atoms. The van der Waals surface area contributed by atoms with E-state index in [9.17, 15) is 4.79 Å². The second kappa shape index (κ2) is 11.4. The maximum Gasteiger partial charge on any atom is 0.256 e. The Kier molecular flexibility index (Phi) is 9.26. The number of unbranched alkanes of at least 4 members (excludes halogenated alkanes) is 2. The monoisotopic (exact) mass is 390 g/mol. The van der Waals surface area contributed by atoms with Gasteiger partial charge in [-0.25, -0.2) is 0 Å². The summed E-state index contributed by atoms with van der Waals surface area (Å²) in [5.41, 5.74) is -0.0309. The molecule has 1 aliphatic rings. The number of piperidine rings is 1. The van der Waals surface area contributed by atoms with Gasteiger partial charge in [-0.2, -0.15) is 0 Å². The van der Waals surface area contributed by atoms with Crippen molar-refractivity contribution in [3.8, 4) is 5.75 Å². The van der Waals surface area contributed by atoms with Gasteiger partial charge in [-0.15, -0.1) is 0 Å². The molecule has 0 aromatic heterocycles. The van der Waals surface area contributed by atoms with Crippen LogP contribution >= 0.6 is 0 Å². The second-order valence-corrected chi connectivity index (χ2v) is 8.27. The zero-order chi connectivity index (χ0) is 20.4. The maximum absolute atomic E-state index is 12.6. The van der Waals surface area contributed by atoms with E-state index in [1.807, 2.05) is 31.2 Å². The molecule has 0 saturated carbocycles. The highest BCUT2D eigenvalue weighted by molar-refractivity contribution is 5.97. The first-order valence-corrected chi connectivity index (χ1v) is 10.8. The molecule has 5 nitrogen and oxygen atoms in total. The summed E-state index contributed by atoms with van der Waals surface area (Å²) < 4.78 is 11.4. The van der Waals surface area contributed by atoms with E-state index in [0.717, 1.165) is 49.6 Å². The van der Waals surface area contributed by atoms with Crippen molar-refractivity contribution in [3.05, 3.63) is 24.3 Å². The fraction of sp³-hybridized carbons (Fsp3) is 0.696. The molecule has 0 bridgehead atoms. The van der Waals surface area contributed by atoms with Gasteiger partial charge in [0.05, 0.1) is 0 Å². The fourth-order valence-electron chi connectivity index (χ4n) is 3.70. The van der Waals surface area contributed by atoms with Crippen LogP contribution in [-0.4, -0.2) is 49.8 Å². The molecule has 1 heterocycles. The first-order valence-electron chi connectivity index (χ1n) is 10.8. The summed E-state index contributed by atoms with van der Waals surface area (Å²) in [6.45, 7) is 10.3. The third-order valence-corrected chi connectivity index (χ3v) is 5.72. The molecule has 1 N–H and O–H groups in total. The van der Waals surface area contributed by atoms with Crippen molar-refractivity contribution < 1.29 is 14.3 Å². The minimum Gasteiger partial charge on any atom is -0.492 e. The van der Waals surface area contributed by atoms with Crippen molar-refractivity contribution in [2.75, 3.05) is 38.7 Å². The van der Waals surface area contributed by atoms with Gasteiger partial charge in [0.15, 0.2) is 0 Å². The van der Waals surface area contributed by atoms with Crippen molar-refractivity contribution in [1.29, 1.82) is 0 Å². The lowest BCUT2D eigenvalue weighted by molar-refractivity contribution is -0.136. The van der Waals surface area contributed by atoms with Crippen LogP contribution in [0.2, 0.25) is 0 Å². The van der Waals surface area contributed by atoms with Gasteiger partial charge < -0.3 is 14.8 Å². The van der Waals surface area contributed by atoms with Gasteiger partial charge in [-0.3, -0.25) is 9.69 Å². The Morgan fingerprint density at radius 2 is 2.04 bits per heavy atom. The zero-order valence-corrected chi connectivity index (χ0v) is 18.1. The Labute approximate surface area is 170 Å². The number of carbonyl (C=O) groups excluding carboxylic acids is 1. The summed E-state index contributed by atoms with van der Waals surface area (Å²) >= 11 is 0. The van der Waals surface area contributed by atoms with Crippen LogP contribution in [0.1, 0.15) is 59.3 Å². The van der Waals surface area contributed by atoms with Crippen molar-refractivity contribution >= 4 is 11.6 Å². The van der Waals surface area contributed by atoms with E-state index < -0.39 is 5.60 Å². The number of hydrogen-bond donors (Lipinski definition) is 1. The van der Waals surface area contributed by atoms with Crippen LogP contribution in [0.25, 0.3) is 0 Å². The van der Waals surface area contributed by atoms with Crippen LogP contribution in [-0.2, 0) is 9.53 Å². The fourth-order valence-corrected chi connectivity index (χ4v) is 3.70. The van der Waals surface area contributed by atoms with E-state index in [4.69, 9.17) is 9.47 Å². The highest BCUT2D eigenvalue weighted by atomic mass is 16.5. The number of rotatable bonds is 11. The van der Waals surface area contributed by atoms with Crippen LogP contribution in [0.4, 0.5) is 5.69 Å². The molecule has 2 atom stereocenters. The smallest absolute Gasteiger partial charge is 0.256 e.